The van der Waals surface area contributed by atoms with Gasteiger partial charge in [0.15, 0.2) is 6.79 Å². The van der Waals surface area contributed by atoms with Crippen LogP contribution in [-0.2, 0) is 10.9 Å². The molecule has 0 bridgehead atoms. The van der Waals surface area contributed by atoms with E-state index in [2.05, 4.69) is 0 Å². The molecule has 0 aliphatic rings. The Bertz CT molecular complexity index is 994. The van der Waals surface area contributed by atoms with E-state index in [4.69, 9.17) is 25.5 Å². The molecule has 0 N–H and O–H groups in total. The molecule has 0 spiro atoms. The maximum atomic E-state index is 13.5. The van der Waals surface area contributed by atoms with Crippen LogP contribution in [0.25, 0.3) is 22.1 Å². The van der Waals surface area contributed by atoms with Crippen molar-refractivity contribution in [1.29, 1.82) is 0 Å². The number of alkyl halides is 3. The summed E-state index contributed by atoms with van der Waals surface area (Å²) in [5.41, 5.74) is -1.52. The normalized spacial score (nSPS) is 11.7. The minimum absolute atomic E-state index is 0.00715. The monoisotopic (exact) mass is 384 g/mol. The third kappa shape index (κ3) is 3.54. The number of methoxy groups -OCH3 is 1. The fourth-order valence-electron chi connectivity index (χ4n) is 2.47. The fourth-order valence-corrected chi connectivity index (χ4v) is 2.59. The molecule has 4 nitrogen and oxygen atoms in total. The number of rotatable bonds is 4. The standard InChI is InChI=1S/C18H12ClF3O4/c1-24-9-25-12-6-7-13-14(8-12)26-17(18(20,21)22)15(16(13)23)10-2-4-11(19)5-3-10/h2-8H,9H2,1H3. The average molecular weight is 385 g/mol. The van der Waals surface area contributed by atoms with E-state index in [-0.39, 0.29) is 29.1 Å². The van der Waals surface area contributed by atoms with E-state index in [1.807, 2.05) is 0 Å². The second kappa shape index (κ2) is 7.01. The molecule has 0 aliphatic heterocycles. The average Bonchev–Trinajstić information content (AvgIpc) is 2.60. The van der Waals surface area contributed by atoms with Gasteiger partial charge in [0.25, 0.3) is 0 Å². The van der Waals surface area contributed by atoms with Gasteiger partial charge in [-0.15, -0.1) is 0 Å². The van der Waals surface area contributed by atoms with Crippen molar-refractivity contribution in [1.82, 2.24) is 0 Å². The van der Waals surface area contributed by atoms with Crippen LogP contribution < -0.4 is 10.2 Å². The van der Waals surface area contributed by atoms with E-state index in [0.717, 1.165) is 0 Å². The van der Waals surface area contributed by atoms with Crippen molar-refractivity contribution in [2.24, 2.45) is 0 Å². The SMILES string of the molecule is COCOc1ccc2c(=O)c(-c3ccc(Cl)cc3)c(C(F)(F)F)oc2c1. The first kappa shape index (κ1) is 18.3. The maximum Gasteiger partial charge on any atom is 0.450 e. The van der Waals surface area contributed by atoms with Crippen LogP contribution in [0.5, 0.6) is 5.75 Å². The highest BCUT2D eigenvalue weighted by atomic mass is 35.5. The molecule has 8 heteroatoms. The molecule has 136 valence electrons. The summed E-state index contributed by atoms with van der Waals surface area (Å²) in [6, 6.07) is 9.52. The summed E-state index contributed by atoms with van der Waals surface area (Å²) < 4.78 is 55.5. The van der Waals surface area contributed by atoms with Gasteiger partial charge in [-0.2, -0.15) is 13.2 Å². The van der Waals surface area contributed by atoms with Gasteiger partial charge in [0.2, 0.25) is 11.2 Å². The third-order valence-corrected chi connectivity index (χ3v) is 3.85. The molecular weight excluding hydrogens is 373 g/mol. The van der Waals surface area contributed by atoms with Crippen LogP contribution in [0.4, 0.5) is 13.2 Å². The number of halogens is 4. The molecule has 0 amide bonds. The third-order valence-electron chi connectivity index (χ3n) is 3.60. The second-order valence-electron chi connectivity index (χ2n) is 5.35. The Morgan fingerprint density at radius 2 is 1.81 bits per heavy atom. The maximum absolute atomic E-state index is 13.5. The largest absolute Gasteiger partial charge is 0.467 e. The molecule has 3 aromatic rings. The molecule has 0 aliphatic carbocycles. The summed E-state index contributed by atoms with van der Waals surface area (Å²) in [5, 5.41) is 0.347. The predicted molar refractivity (Wildman–Crippen MR) is 90.4 cm³/mol. The molecule has 1 aromatic heterocycles. The molecule has 1 heterocycles. The smallest absolute Gasteiger partial charge is 0.450 e. The topological polar surface area (TPSA) is 48.7 Å². The van der Waals surface area contributed by atoms with Crippen LogP contribution >= 0.6 is 11.6 Å². The summed E-state index contributed by atoms with van der Waals surface area (Å²) in [6.45, 7) is -0.0925. The molecule has 0 atom stereocenters. The van der Waals surface area contributed by atoms with Gasteiger partial charge in [-0.25, -0.2) is 0 Å². The zero-order valence-corrected chi connectivity index (χ0v) is 14.1. The van der Waals surface area contributed by atoms with Gasteiger partial charge in [0, 0.05) is 18.2 Å². The molecule has 0 saturated carbocycles. The van der Waals surface area contributed by atoms with Crippen LogP contribution in [0.1, 0.15) is 5.76 Å². The number of hydrogen-bond acceptors (Lipinski definition) is 4. The Morgan fingerprint density at radius 1 is 1.12 bits per heavy atom. The molecule has 0 fully saturated rings. The van der Waals surface area contributed by atoms with Gasteiger partial charge in [-0.05, 0) is 29.8 Å². The molecule has 0 saturated heterocycles. The number of ether oxygens (including phenoxy) is 2. The lowest BCUT2D eigenvalue weighted by Crippen LogP contribution is -2.16. The van der Waals surface area contributed by atoms with Gasteiger partial charge in [-0.3, -0.25) is 4.79 Å². The Kier molecular flexibility index (Phi) is 4.93. The minimum atomic E-state index is -4.86. The lowest BCUT2D eigenvalue weighted by atomic mass is 10.0. The van der Waals surface area contributed by atoms with E-state index >= 15 is 0 Å². The van der Waals surface area contributed by atoms with Crippen molar-refractivity contribution in [2.75, 3.05) is 13.9 Å². The molecule has 26 heavy (non-hydrogen) atoms. The van der Waals surface area contributed by atoms with Crippen LogP contribution in [-0.4, -0.2) is 13.9 Å². The van der Waals surface area contributed by atoms with E-state index in [1.165, 1.54) is 49.6 Å². The number of hydrogen-bond donors (Lipinski definition) is 0. The number of fused-ring (bicyclic) bond motifs is 1. The van der Waals surface area contributed by atoms with Crippen molar-refractivity contribution < 1.29 is 27.1 Å². The summed E-state index contributed by atoms with van der Waals surface area (Å²) in [4.78, 5) is 12.7. The van der Waals surface area contributed by atoms with Crippen LogP contribution in [0.15, 0.2) is 51.7 Å². The van der Waals surface area contributed by atoms with Gasteiger partial charge >= 0.3 is 6.18 Å². The van der Waals surface area contributed by atoms with Crippen LogP contribution in [0.2, 0.25) is 5.02 Å². The van der Waals surface area contributed by atoms with Crippen molar-refractivity contribution in [2.45, 2.75) is 6.18 Å². The van der Waals surface area contributed by atoms with E-state index in [1.54, 1.807) is 0 Å². The lowest BCUT2D eigenvalue weighted by Gasteiger charge is -2.13. The Hall–Kier alpha value is -2.51. The first-order valence-electron chi connectivity index (χ1n) is 7.37. The summed E-state index contributed by atoms with van der Waals surface area (Å²) in [5.74, 6) is -1.16. The van der Waals surface area contributed by atoms with Gasteiger partial charge in [-0.1, -0.05) is 23.7 Å². The van der Waals surface area contributed by atoms with E-state index < -0.39 is 22.9 Å². The quantitative estimate of drug-likeness (QED) is 0.586. The first-order valence-corrected chi connectivity index (χ1v) is 7.75. The molecular formula is C18H12ClF3O4. The van der Waals surface area contributed by atoms with E-state index in [9.17, 15) is 18.0 Å². The highest BCUT2D eigenvalue weighted by Gasteiger charge is 2.39. The minimum Gasteiger partial charge on any atom is -0.467 e. The highest BCUT2D eigenvalue weighted by molar-refractivity contribution is 6.30. The zero-order chi connectivity index (χ0) is 18.9. The zero-order valence-electron chi connectivity index (χ0n) is 13.4. The van der Waals surface area contributed by atoms with Crippen molar-refractivity contribution >= 4 is 22.6 Å². The van der Waals surface area contributed by atoms with Gasteiger partial charge < -0.3 is 13.9 Å². The predicted octanol–water partition coefficient (Wildman–Crippen LogP) is 5.11. The first-order chi connectivity index (χ1) is 12.3. The fraction of sp³-hybridized carbons (Fsp3) is 0.167. The number of benzene rings is 2. The Balaban J connectivity index is 2.28. The second-order valence-corrected chi connectivity index (χ2v) is 5.79. The van der Waals surface area contributed by atoms with Crippen LogP contribution in [0.3, 0.4) is 0 Å². The van der Waals surface area contributed by atoms with Gasteiger partial charge in [0.05, 0.1) is 10.9 Å². The summed E-state index contributed by atoms with van der Waals surface area (Å²) in [7, 11) is 1.40. The lowest BCUT2D eigenvalue weighted by molar-refractivity contribution is -0.152. The molecule has 0 radical (unpaired) electrons. The van der Waals surface area contributed by atoms with Gasteiger partial charge in [0.1, 0.15) is 11.3 Å². The van der Waals surface area contributed by atoms with Crippen molar-refractivity contribution in [3.05, 3.63) is 63.5 Å². The molecule has 2 aromatic carbocycles. The Morgan fingerprint density at radius 3 is 2.42 bits per heavy atom. The summed E-state index contributed by atoms with van der Waals surface area (Å²) >= 11 is 5.77. The van der Waals surface area contributed by atoms with Crippen molar-refractivity contribution in [3.8, 4) is 16.9 Å². The summed E-state index contributed by atoms with van der Waals surface area (Å²) in [6.07, 6.45) is -4.86. The Labute approximate surface area is 150 Å². The molecule has 0 unspecified atom stereocenters. The van der Waals surface area contributed by atoms with E-state index in [0.29, 0.717) is 5.02 Å². The van der Waals surface area contributed by atoms with Crippen molar-refractivity contribution in [3.63, 3.8) is 0 Å². The highest BCUT2D eigenvalue weighted by Crippen LogP contribution is 2.38. The molecule has 3 rings (SSSR count). The van der Waals surface area contributed by atoms with Crippen LogP contribution in [0, 0.1) is 0 Å².